The largest absolute Gasteiger partial charge is 0.341 e. The van der Waals surface area contributed by atoms with Crippen molar-refractivity contribution in [1.82, 2.24) is 15.4 Å². The quantitative estimate of drug-likeness (QED) is 0.807. The highest BCUT2D eigenvalue weighted by atomic mass is 19.1. The lowest BCUT2D eigenvalue weighted by molar-refractivity contribution is 0.628. The summed E-state index contributed by atoms with van der Waals surface area (Å²) in [6.07, 6.45) is 1.95. The first-order valence-electron chi connectivity index (χ1n) is 6.90. The third-order valence-electron chi connectivity index (χ3n) is 3.17. The first-order chi connectivity index (χ1) is 10.5. The third-order valence-corrected chi connectivity index (χ3v) is 3.17. The van der Waals surface area contributed by atoms with Gasteiger partial charge in [0, 0.05) is 23.5 Å². The standard InChI is InChI=1S/C15H16FN5O/c1-9-8-14(22)19-15(17-9)21-13(7-10(2)20-21)18-12-5-3-11(16)4-6-12/h3-8,10,18,20H,1-2H3,(H,17,19,22). The fourth-order valence-electron chi connectivity index (χ4n) is 2.24. The Kier molecular flexibility index (Phi) is 3.64. The SMILES string of the molecule is Cc1cc(=O)[nH]c(N2NC(C)C=C2Nc2ccc(F)cc2)n1. The van der Waals surface area contributed by atoms with E-state index in [-0.39, 0.29) is 17.4 Å². The molecule has 1 atom stereocenters. The minimum atomic E-state index is -0.293. The molecule has 2 aromatic rings. The van der Waals surface area contributed by atoms with Gasteiger partial charge in [-0.1, -0.05) is 0 Å². The van der Waals surface area contributed by atoms with E-state index in [9.17, 15) is 9.18 Å². The van der Waals surface area contributed by atoms with Gasteiger partial charge in [0.15, 0.2) is 0 Å². The first-order valence-corrected chi connectivity index (χ1v) is 6.90. The smallest absolute Gasteiger partial charge is 0.252 e. The van der Waals surface area contributed by atoms with Crippen molar-refractivity contribution in [2.24, 2.45) is 0 Å². The predicted octanol–water partition coefficient (Wildman–Crippen LogP) is 1.88. The van der Waals surface area contributed by atoms with Crippen LogP contribution in [0.2, 0.25) is 0 Å². The molecule has 1 unspecified atom stereocenters. The molecule has 3 rings (SSSR count). The molecule has 3 N–H and O–H groups in total. The average Bonchev–Trinajstić information content (AvgIpc) is 2.81. The molecule has 0 bridgehead atoms. The summed E-state index contributed by atoms with van der Waals surface area (Å²) in [4.78, 5) is 18.6. The van der Waals surface area contributed by atoms with E-state index in [4.69, 9.17) is 0 Å². The normalized spacial score (nSPS) is 17.5. The maximum Gasteiger partial charge on any atom is 0.252 e. The second kappa shape index (κ2) is 5.61. The number of anilines is 2. The van der Waals surface area contributed by atoms with Crippen LogP contribution in [0.5, 0.6) is 0 Å². The molecule has 1 aromatic carbocycles. The van der Waals surface area contributed by atoms with Crippen molar-refractivity contribution in [2.45, 2.75) is 19.9 Å². The van der Waals surface area contributed by atoms with Gasteiger partial charge in [0.25, 0.3) is 5.56 Å². The number of hydrazine groups is 1. The summed E-state index contributed by atoms with van der Waals surface area (Å²) in [6, 6.07) is 7.54. The Morgan fingerprint density at radius 2 is 2.05 bits per heavy atom. The number of hydrogen-bond acceptors (Lipinski definition) is 5. The van der Waals surface area contributed by atoms with Crippen molar-refractivity contribution in [3.63, 3.8) is 0 Å². The molecule has 1 aromatic heterocycles. The maximum atomic E-state index is 13.0. The summed E-state index contributed by atoms with van der Waals surface area (Å²) in [5.74, 6) is 0.821. The number of rotatable bonds is 3. The van der Waals surface area contributed by atoms with Gasteiger partial charge in [0.05, 0.1) is 0 Å². The van der Waals surface area contributed by atoms with E-state index < -0.39 is 0 Å². The maximum absolute atomic E-state index is 13.0. The number of aryl methyl sites for hydroxylation is 1. The third kappa shape index (κ3) is 2.99. The van der Waals surface area contributed by atoms with Crippen LogP contribution < -0.4 is 21.3 Å². The molecule has 6 nitrogen and oxygen atoms in total. The van der Waals surface area contributed by atoms with Gasteiger partial charge in [-0.25, -0.2) is 19.8 Å². The summed E-state index contributed by atoms with van der Waals surface area (Å²) in [7, 11) is 0. The Morgan fingerprint density at radius 3 is 2.73 bits per heavy atom. The molecule has 0 saturated heterocycles. The number of halogens is 1. The molecule has 2 heterocycles. The number of nitrogens with zero attached hydrogens (tertiary/aromatic N) is 2. The minimum Gasteiger partial charge on any atom is -0.341 e. The topological polar surface area (TPSA) is 73.1 Å². The van der Waals surface area contributed by atoms with Crippen molar-refractivity contribution < 1.29 is 4.39 Å². The van der Waals surface area contributed by atoms with Crippen LogP contribution in [0.15, 0.2) is 47.0 Å². The molecular formula is C15H16FN5O. The van der Waals surface area contributed by atoms with E-state index >= 15 is 0 Å². The Hall–Kier alpha value is -2.67. The van der Waals surface area contributed by atoms with Gasteiger partial charge in [0.1, 0.15) is 11.6 Å². The van der Waals surface area contributed by atoms with E-state index in [0.717, 1.165) is 5.69 Å². The number of nitrogens with one attached hydrogen (secondary N) is 3. The van der Waals surface area contributed by atoms with E-state index in [0.29, 0.717) is 17.5 Å². The van der Waals surface area contributed by atoms with Crippen LogP contribution in [0.4, 0.5) is 16.0 Å². The molecule has 0 aliphatic carbocycles. The van der Waals surface area contributed by atoms with E-state index in [1.165, 1.54) is 18.2 Å². The van der Waals surface area contributed by atoms with E-state index in [1.54, 1.807) is 24.1 Å². The molecule has 1 aliphatic rings. The van der Waals surface area contributed by atoms with Crippen LogP contribution in [0.1, 0.15) is 12.6 Å². The highest BCUT2D eigenvalue weighted by molar-refractivity contribution is 5.55. The van der Waals surface area contributed by atoms with Gasteiger partial charge in [-0.15, -0.1) is 0 Å². The van der Waals surface area contributed by atoms with Crippen molar-refractivity contribution in [1.29, 1.82) is 0 Å². The molecule has 7 heteroatoms. The Balaban J connectivity index is 1.89. The molecule has 0 saturated carbocycles. The average molecular weight is 301 g/mol. The Labute approximate surface area is 126 Å². The number of H-pyrrole nitrogens is 1. The predicted molar refractivity (Wildman–Crippen MR) is 82.8 cm³/mol. The monoisotopic (exact) mass is 301 g/mol. The molecule has 0 amide bonds. The lowest BCUT2D eigenvalue weighted by Gasteiger charge is -2.22. The lowest BCUT2D eigenvalue weighted by Crippen LogP contribution is -2.39. The number of aromatic amines is 1. The van der Waals surface area contributed by atoms with Crippen LogP contribution in [0.3, 0.4) is 0 Å². The van der Waals surface area contributed by atoms with Crippen LogP contribution in [-0.4, -0.2) is 16.0 Å². The van der Waals surface area contributed by atoms with Gasteiger partial charge in [-0.3, -0.25) is 9.78 Å². The molecule has 0 spiro atoms. The van der Waals surface area contributed by atoms with Gasteiger partial charge in [-0.05, 0) is 44.2 Å². The van der Waals surface area contributed by atoms with Crippen LogP contribution in [0, 0.1) is 12.7 Å². The van der Waals surface area contributed by atoms with Crippen LogP contribution in [-0.2, 0) is 0 Å². The van der Waals surface area contributed by atoms with Crippen LogP contribution in [0.25, 0.3) is 0 Å². The zero-order valence-corrected chi connectivity index (χ0v) is 12.2. The summed E-state index contributed by atoms with van der Waals surface area (Å²) in [5.41, 5.74) is 4.33. The minimum absolute atomic E-state index is 0.0637. The van der Waals surface area contributed by atoms with Crippen molar-refractivity contribution in [3.8, 4) is 0 Å². The van der Waals surface area contributed by atoms with Crippen molar-refractivity contribution in [2.75, 3.05) is 10.3 Å². The van der Waals surface area contributed by atoms with Crippen molar-refractivity contribution in [3.05, 3.63) is 64.1 Å². The van der Waals surface area contributed by atoms with E-state index in [1.807, 2.05) is 13.0 Å². The fraction of sp³-hybridized carbons (Fsp3) is 0.200. The van der Waals surface area contributed by atoms with Gasteiger partial charge >= 0.3 is 0 Å². The molecule has 0 fully saturated rings. The summed E-state index contributed by atoms with van der Waals surface area (Å²) in [6.45, 7) is 3.73. The molecule has 1 aliphatic heterocycles. The summed E-state index contributed by atoms with van der Waals surface area (Å²) in [5, 5.41) is 4.85. The molecule has 0 radical (unpaired) electrons. The number of benzene rings is 1. The van der Waals surface area contributed by atoms with E-state index in [2.05, 4.69) is 20.7 Å². The van der Waals surface area contributed by atoms with Crippen molar-refractivity contribution >= 4 is 11.6 Å². The second-order valence-corrected chi connectivity index (χ2v) is 5.15. The zero-order valence-electron chi connectivity index (χ0n) is 12.2. The van der Waals surface area contributed by atoms with Crippen LogP contribution >= 0.6 is 0 Å². The Bertz CT molecular complexity index is 768. The highest BCUT2D eigenvalue weighted by Crippen LogP contribution is 2.20. The highest BCUT2D eigenvalue weighted by Gasteiger charge is 2.23. The fourth-order valence-corrected chi connectivity index (χ4v) is 2.24. The summed E-state index contributed by atoms with van der Waals surface area (Å²) >= 11 is 0. The molecule has 22 heavy (non-hydrogen) atoms. The van der Waals surface area contributed by atoms with Gasteiger partial charge < -0.3 is 5.32 Å². The lowest BCUT2D eigenvalue weighted by atomic mass is 10.3. The molecule has 114 valence electrons. The second-order valence-electron chi connectivity index (χ2n) is 5.15. The van der Waals surface area contributed by atoms with Gasteiger partial charge in [0.2, 0.25) is 5.95 Å². The van der Waals surface area contributed by atoms with Gasteiger partial charge in [-0.2, -0.15) is 0 Å². The summed E-state index contributed by atoms with van der Waals surface area (Å²) < 4.78 is 13.0. The number of aromatic nitrogens is 2. The first kappa shape index (κ1) is 14.3. The number of hydrogen-bond donors (Lipinski definition) is 3. The molecular weight excluding hydrogens is 285 g/mol. The Morgan fingerprint density at radius 1 is 1.32 bits per heavy atom. The zero-order chi connectivity index (χ0) is 15.7.